The molecule has 1 aromatic rings. The molecule has 1 rings (SSSR count). The van der Waals surface area contributed by atoms with Crippen LogP contribution >= 0.6 is 0 Å². The molecule has 0 heterocycles. The number of hydrogen-bond acceptors (Lipinski definition) is 4. The van der Waals surface area contributed by atoms with E-state index in [9.17, 15) is 4.79 Å². The van der Waals surface area contributed by atoms with Gasteiger partial charge in [-0.25, -0.2) is 4.79 Å². The third-order valence-corrected chi connectivity index (χ3v) is 1.98. The van der Waals surface area contributed by atoms with Crippen LogP contribution in [0, 0.1) is 11.3 Å². The number of carbonyl (C=O) groups excluding carboxylic acids is 1. The average Bonchev–Trinajstić information content (AvgIpc) is 2.34. The highest BCUT2D eigenvalue weighted by molar-refractivity contribution is 5.89. The zero-order valence-corrected chi connectivity index (χ0v) is 9.10. The Morgan fingerprint density at radius 2 is 2.06 bits per heavy atom. The molecule has 0 aliphatic heterocycles. The van der Waals surface area contributed by atoms with Gasteiger partial charge in [-0.05, 0) is 30.7 Å². The van der Waals surface area contributed by atoms with E-state index in [2.05, 4.69) is 4.74 Å². The zero-order chi connectivity index (χ0) is 11.8. The van der Waals surface area contributed by atoms with E-state index in [0.29, 0.717) is 30.8 Å². The SMILES string of the molecule is COC(=O)c1ccc(OCCCC#N)cc1. The fourth-order valence-electron chi connectivity index (χ4n) is 1.15. The van der Waals surface area contributed by atoms with Crippen molar-refractivity contribution < 1.29 is 14.3 Å². The van der Waals surface area contributed by atoms with Gasteiger partial charge in [0.2, 0.25) is 0 Å². The molecule has 0 atom stereocenters. The number of unbranched alkanes of at least 4 members (excludes halogenated alkanes) is 1. The topological polar surface area (TPSA) is 59.3 Å². The van der Waals surface area contributed by atoms with Crippen LogP contribution in [-0.2, 0) is 4.74 Å². The molecule has 0 fully saturated rings. The van der Waals surface area contributed by atoms with Gasteiger partial charge in [-0.3, -0.25) is 0 Å². The number of esters is 1. The van der Waals surface area contributed by atoms with Crippen molar-refractivity contribution in [3.63, 3.8) is 0 Å². The summed E-state index contributed by atoms with van der Waals surface area (Å²) in [5, 5.41) is 8.33. The molecule has 0 saturated carbocycles. The first-order chi connectivity index (χ1) is 7.77. The molecule has 0 amide bonds. The molecule has 0 saturated heterocycles. The summed E-state index contributed by atoms with van der Waals surface area (Å²) in [6.45, 7) is 0.505. The number of benzene rings is 1. The van der Waals surface area contributed by atoms with E-state index in [4.69, 9.17) is 10.00 Å². The highest BCUT2D eigenvalue weighted by Gasteiger charge is 2.04. The summed E-state index contributed by atoms with van der Waals surface area (Å²) < 4.78 is 9.95. The Bertz CT molecular complexity index is 378. The van der Waals surface area contributed by atoms with E-state index in [0.717, 1.165) is 0 Å². The van der Waals surface area contributed by atoms with Crippen molar-refractivity contribution in [3.05, 3.63) is 29.8 Å². The summed E-state index contributed by atoms with van der Waals surface area (Å²) in [6, 6.07) is 8.75. The highest BCUT2D eigenvalue weighted by atomic mass is 16.5. The van der Waals surface area contributed by atoms with Gasteiger partial charge in [-0.15, -0.1) is 0 Å². The normalized spacial score (nSPS) is 9.25. The third kappa shape index (κ3) is 3.62. The Labute approximate surface area is 94.4 Å². The van der Waals surface area contributed by atoms with Crippen molar-refractivity contribution in [1.82, 2.24) is 0 Å². The van der Waals surface area contributed by atoms with Gasteiger partial charge >= 0.3 is 5.97 Å². The third-order valence-electron chi connectivity index (χ3n) is 1.98. The van der Waals surface area contributed by atoms with Gasteiger partial charge in [-0.1, -0.05) is 0 Å². The number of nitriles is 1. The van der Waals surface area contributed by atoms with Gasteiger partial charge in [-0.2, -0.15) is 5.26 Å². The summed E-state index contributed by atoms with van der Waals surface area (Å²) in [7, 11) is 1.34. The second-order valence-corrected chi connectivity index (χ2v) is 3.13. The zero-order valence-electron chi connectivity index (χ0n) is 9.10. The molecule has 1 aromatic carbocycles. The minimum absolute atomic E-state index is 0.365. The fraction of sp³-hybridized carbons (Fsp3) is 0.333. The van der Waals surface area contributed by atoms with E-state index in [1.165, 1.54) is 7.11 Å². The van der Waals surface area contributed by atoms with Crippen molar-refractivity contribution in [2.75, 3.05) is 13.7 Å². The standard InChI is InChI=1S/C12H13NO3/c1-15-12(14)10-4-6-11(7-5-10)16-9-3-2-8-13/h4-7H,2-3,9H2,1H3. The summed E-state index contributed by atoms with van der Waals surface area (Å²) in [5.74, 6) is 0.321. The number of carbonyl (C=O) groups is 1. The van der Waals surface area contributed by atoms with Crippen molar-refractivity contribution >= 4 is 5.97 Å². The number of nitrogens with zero attached hydrogens (tertiary/aromatic N) is 1. The Kier molecular flexibility index (Phi) is 4.87. The van der Waals surface area contributed by atoms with Crippen LogP contribution in [0.25, 0.3) is 0 Å². The van der Waals surface area contributed by atoms with Gasteiger partial charge in [0.1, 0.15) is 5.75 Å². The molecule has 0 spiro atoms. The van der Waals surface area contributed by atoms with E-state index in [-0.39, 0.29) is 5.97 Å². The molecule has 0 N–H and O–H groups in total. The second kappa shape index (κ2) is 6.46. The van der Waals surface area contributed by atoms with E-state index in [1.54, 1.807) is 24.3 Å². The van der Waals surface area contributed by atoms with Crippen molar-refractivity contribution in [2.45, 2.75) is 12.8 Å². The predicted molar refractivity (Wildman–Crippen MR) is 58.1 cm³/mol. The summed E-state index contributed by atoms with van der Waals surface area (Å²) in [6.07, 6.45) is 1.19. The van der Waals surface area contributed by atoms with Gasteiger partial charge in [0.25, 0.3) is 0 Å². The Morgan fingerprint density at radius 3 is 2.62 bits per heavy atom. The molecular formula is C12H13NO3. The lowest BCUT2D eigenvalue weighted by atomic mass is 10.2. The number of rotatable bonds is 5. The van der Waals surface area contributed by atoms with E-state index in [1.807, 2.05) is 6.07 Å². The largest absolute Gasteiger partial charge is 0.494 e. The fourth-order valence-corrected chi connectivity index (χ4v) is 1.15. The molecule has 0 aliphatic carbocycles. The molecule has 0 aliphatic rings. The van der Waals surface area contributed by atoms with Crippen LogP contribution in [0.5, 0.6) is 5.75 Å². The van der Waals surface area contributed by atoms with E-state index < -0.39 is 0 Å². The quantitative estimate of drug-likeness (QED) is 0.562. The minimum Gasteiger partial charge on any atom is -0.494 e. The molecule has 0 bridgehead atoms. The average molecular weight is 219 g/mol. The first-order valence-electron chi connectivity index (χ1n) is 4.96. The molecule has 16 heavy (non-hydrogen) atoms. The van der Waals surface area contributed by atoms with Gasteiger partial charge < -0.3 is 9.47 Å². The highest BCUT2D eigenvalue weighted by Crippen LogP contribution is 2.13. The van der Waals surface area contributed by atoms with Crippen LogP contribution in [0.1, 0.15) is 23.2 Å². The number of methoxy groups -OCH3 is 1. The lowest BCUT2D eigenvalue weighted by molar-refractivity contribution is 0.0600. The van der Waals surface area contributed by atoms with Crippen molar-refractivity contribution in [3.8, 4) is 11.8 Å². The van der Waals surface area contributed by atoms with Crippen LogP contribution < -0.4 is 4.74 Å². The molecular weight excluding hydrogens is 206 g/mol. The van der Waals surface area contributed by atoms with Crippen molar-refractivity contribution in [1.29, 1.82) is 5.26 Å². The second-order valence-electron chi connectivity index (χ2n) is 3.13. The monoisotopic (exact) mass is 219 g/mol. The summed E-state index contributed by atoms with van der Waals surface area (Å²) in [5.41, 5.74) is 0.492. The molecule has 4 heteroatoms. The maximum Gasteiger partial charge on any atom is 0.337 e. The van der Waals surface area contributed by atoms with Crippen molar-refractivity contribution in [2.24, 2.45) is 0 Å². The first kappa shape index (κ1) is 12.1. The van der Waals surface area contributed by atoms with Crippen LogP contribution in [0.2, 0.25) is 0 Å². The molecule has 4 nitrogen and oxygen atoms in total. The van der Waals surface area contributed by atoms with Gasteiger partial charge in [0.05, 0.1) is 25.3 Å². The first-order valence-corrected chi connectivity index (χ1v) is 4.96. The minimum atomic E-state index is -0.365. The van der Waals surface area contributed by atoms with Crippen LogP contribution in [0.3, 0.4) is 0 Å². The molecule has 0 radical (unpaired) electrons. The maximum absolute atomic E-state index is 11.1. The van der Waals surface area contributed by atoms with Gasteiger partial charge in [0, 0.05) is 6.42 Å². The lowest BCUT2D eigenvalue weighted by Crippen LogP contribution is -2.01. The summed E-state index contributed by atoms with van der Waals surface area (Å²) >= 11 is 0. The summed E-state index contributed by atoms with van der Waals surface area (Å²) in [4.78, 5) is 11.1. The van der Waals surface area contributed by atoms with E-state index >= 15 is 0 Å². The van der Waals surface area contributed by atoms with Crippen LogP contribution in [0.4, 0.5) is 0 Å². The smallest absolute Gasteiger partial charge is 0.337 e. The Balaban J connectivity index is 2.46. The molecule has 84 valence electrons. The number of hydrogen-bond donors (Lipinski definition) is 0. The number of ether oxygens (including phenoxy) is 2. The predicted octanol–water partition coefficient (Wildman–Crippen LogP) is 2.16. The Hall–Kier alpha value is -2.02. The molecule has 0 aromatic heterocycles. The maximum atomic E-state index is 11.1. The van der Waals surface area contributed by atoms with Crippen LogP contribution in [-0.4, -0.2) is 19.7 Å². The lowest BCUT2D eigenvalue weighted by Gasteiger charge is -2.05. The van der Waals surface area contributed by atoms with Gasteiger partial charge in [0.15, 0.2) is 0 Å². The molecule has 0 unspecified atom stereocenters. The van der Waals surface area contributed by atoms with Crippen LogP contribution in [0.15, 0.2) is 24.3 Å². The Morgan fingerprint density at radius 1 is 1.38 bits per heavy atom.